The number of carbonyl (C=O) groups is 4. The Morgan fingerprint density at radius 2 is 1.43 bits per heavy atom. The van der Waals surface area contributed by atoms with Crippen molar-refractivity contribution in [2.75, 3.05) is 6.54 Å². The normalized spacial score (nSPS) is 14.2. The van der Waals surface area contributed by atoms with Gasteiger partial charge >= 0.3 is 5.97 Å². The number of carbonyl (C=O) groups excluding carboxylic acids is 3. The van der Waals surface area contributed by atoms with Gasteiger partial charge in [0.15, 0.2) is 5.96 Å². The van der Waals surface area contributed by atoms with Gasteiger partial charge in [-0.05, 0) is 49.1 Å². The van der Waals surface area contributed by atoms with Crippen molar-refractivity contribution in [3.05, 3.63) is 36.0 Å². The number of nitrogens with two attached hydrogens (primary N) is 3. The second kappa shape index (κ2) is 16.3. The highest BCUT2D eigenvalue weighted by Gasteiger charge is 2.31. The smallest absolute Gasteiger partial charge is 0.326 e. The van der Waals surface area contributed by atoms with Gasteiger partial charge in [0.1, 0.15) is 18.1 Å². The largest absolute Gasteiger partial charge is 0.480 e. The molecule has 13 heteroatoms. The molecule has 0 radical (unpaired) electrons. The van der Waals surface area contributed by atoms with Gasteiger partial charge in [0.05, 0.1) is 6.04 Å². The lowest BCUT2D eigenvalue weighted by atomic mass is 9.99. The summed E-state index contributed by atoms with van der Waals surface area (Å²) < 4.78 is 0. The predicted octanol–water partition coefficient (Wildman–Crippen LogP) is 0.723. The second-order valence-electron chi connectivity index (χ2n) is 11.4. The fourth-order valence-corrected chi connectivity index (χ4v) is 4.60. The number of carboxylic acid groups (broad SMARTS) is 1. The number of guanidine groups is 1. The maximum atomic E-state index is 13.4. The highest BCUT2D eigenvalue weighted by atomic mass is 16.4. The molecule has 0 spiro atoms. The Hall–Kier alpha value is -4.13. The molecule has 2 rings (SSSR count). The van der Waals surface area contributed by atoms with Crippen molar-refractivity contribution in [1.29, 1.82) is 0 Å². The fourth-order valence-electron chi connectivity index (χ4n) is 4.60. The van der Waals surface area contributed by atoms with Crippen molar-refractivity contribution < 1.29 is 24.3 Å². The van der Waals surface area contributed by atoms with Crippen LogP contribution < -0.4 is 33.2 Å². The van der Waals surface area contributed by atoms with Crippen LogP contribution in [0.15, 0.2) is 35.5 Å². The summed E-state index contributed by atoms with van der Waals surface area (Å²) in [6.45, 7) is 7.91. The van der Waals surface area contributed by atoms with E-state index in [2.05, 4.69) is 25.9 Å². The Morgan fingerprint density at radius 1 is 0.881 bits per heavy atom. The molecule has 1 aromatic carbocycles. The molecule has 42 heavy (non-hydrogen) atoms. The third-order valence-electron chi connectivity index (χ3n) is 6.70. The molecule has 4 unspecified atom stereocenters. The summed E-state index contributed by atoms with van der Waals surface area (Å²) in [5.41, 5.74) is 18.3. The van der Waals surface area contributed by atoms with E-state index in [4.69, 9.17) is 17.2 Å². The molecule has 0 saturated heterocycles. The summed E-state index contributed by atoms with van der Waals surface area (Å²) in [7, 11) is 0. The first-order valence-corrected chi connectivity index (χ1v) is 14.3. The molecule has 13 nitrogen and oxygen atoms in total. The minimum atomic E-state index is -1.22. The van der Waals surface area contributed by atoms with Gasteiger partial charge in [-0.25, -0.2) is 4.79 Å². The number of aliphatic imine (C=N–C) groups is 1. The highest BCUT2D eigenvalue weighted by molar-refractivity contribution is 5.94. The highest BCUT2D eigenvalue weighted by Crippen LogP contribution is 2.19. The number of amides is 3. The zero-order valence-corrected chi connectivity index (χ0v) is 24.9. The van der Waals surface area contributed by atoms with E-state index in [-0.39, 0.29) is 30.6 Å². The summed E-state index contributed by atoms with van der Waals surface area (Å²) in [5.74, 6) is -2.85. The molecular weight excluding hydrogens is 540 g/mol. The van der Waals surface area contributed by atoms with Crippen molar-refractivity contribution in [2.24, 2.45) is 34.0 Å². The minimum Gasteiger partial charge on any atom is -0.480 e. The molecule has 0 aliphatic carbocycles. The van der Waals surface area contributed by atoms with Crippen molar-refractivity contribution in [2.45, 2.75) is 84.0 Å². The Bertz CT molecular complexity index is 1240. The molecule has 2 aromatic rings. The molecule has 3 amide bonds. The minimum absolute atomic E-state index is 0.00900. The third-order valence-corrected chi connectivity index (χ3v) is 6.70. The molecule has 1 heterocycles. The van der Waals surface area contributed by atoms with Crippen molar-refractivity contribution in [3.63, 3.8) is 0 Å². The molecule has 1 aromatic heterocycles. The van der Waals surface area contributed by atoms with Gasteiger partial charge in [0, 0.05) is 30.1 Å². The number of aliphatic carboxylic acids is 1. The zero-order chi connectivity index (χ0) is 31.4. The number of hydrogen-bond acceptors (Lipinski definition) is 6. The number of nitrogens with zero attached hydrogens (tertiary/aromatic N) is 1. The molecule has 11 N–H and O–H groups in total. The number of aromatic nitrogens is 1. The third kappa shape index (κ3) is 11.0. The van der Waals surface area contributed by atoms with Crippen molar-refractivity contribution in [1.82, 2.24) is 20.9 Å². The van der Waals surface area contributed by atoms with E-state index in [1.165, 1.54) is 0 Å². The predicted molar refractivity (Wildman–Crippen MR) is 162 cm³/mol. The Balaban J connectivity index is 2.12. The lowest BCUT2D eigenvalue weighted by Crippen LogP contribution is -2.57. The second-order valence-corrected chi connectivity index (χ2v) is 11.4. The van der Waals surface area contributed by atoms with Crippen LogP contribution in [0.3, 0.4) is 0 Å². The van der Waals surface area contributed by atoms with E-state index in [9.17, 15) is 24.3 Å². The lowest BCUT2D eigenvalue weighted by molar-refractivity contribution is -0.142. The number of nitrogens with one attached hydrogen (secondary N) is 4. The number of rotatable bonds is 17. The van der Waals surface area contributed by atoms with Crippen LogP contribution in [-0.2, 0) is 25.6 Å². The number of aromatic amines is 1. The van der Waals surface area contributed by atoms with Crippen LogP contribution in [0.5, 0.6) is 0 Å². The molecule has 0 aliphatic rings. The van der Waals surface area contributed by atoms with Gasteiger partial charge in [-0.2, -0.15) is 0 Å². The van der Waals surface area contributed by atoms with E-state index < -0.39 is 47.9 Å². The van der Waals surface area contributed by atoms with Crippen LogP contribution in [0.2, 0.25) is 0 Å². The van der Waals surface area contributed by atoms with E-state index in [1.807, 2.05) is 52.0 Å². The monoisotopic (exact) mass is 586 g/mol. The maximum Gasteiger partial charge on any atom is 0.326 e. The van der Waals surface area contributed by atoms with Crippen LogP contribution in [0.1, 0.15) is 58.9 Å². The molecule has 0 fully saturated rings. The average Bonchev–Trinajstić information content (AvgIpc) is 3.31. The average molecular weight is 587 g/mol. The Kier molecular flexibility index (Phi) is 13.3. The fraction of sp³-hybridized carbons (Fsp3) is 0.552. The summed E-state index contributed by atoms with van der Waals surface area (Å²) in [4.78, 5) is 58.6. The van der Waals surface area contributed by atoms with Crippen LogP contribution >= 0.6 is 0 Å². The van der Waals surface area contributed by atoms with Gasteiger partial charge in [-0.3, -0.25) is 19.4 Å². The summed E-state index contributed by atoms with van der Waals surface area (Å²) in [5, 5.41) is 18.8. The Labute approximate surface area is 246 Å². The molecule has 0 aliphatic heterocycles. The first kappa shape index (κ1) is 34.1. The molecular formula is C29H46N8O5. The standard InChI is InChI=1S/C29H46N8O5/c1-16(2)12-22(35-25(38)20(30)9-7-11-33-29(31)32)26(39)36-23(13-17(3)4)27(40)37-24(28(41)42)14-18-15-34-21-10-6-5-8-19(18)21/h5-6,8,10,15-17,20,22-24,34H,7,9,11-14,30H2,1-4H3,(H,35,38)(H,36,39)(H,37,40)(H,41,42)(H4,31,32,33). The van der Waals surface area contributed by atoms with Gasteiger partial charge in [-0.1, -0.05) is 45.9 Å². The van der Waals surface area contributed by atoms with Gasteiger partial charge < -0.3 is 43.2 Å². The van der Waals surface area contributed by atoms with Gasteiger partial charge in [0.25, 0.3) is 0 Å². The summed E-state index contributed by atoms with van der Waals surface area (Å²) in [6.07, 6.45) is 3.15. The summed E-state index contributed by atoms with van der Waals surface area (Å²) in [6, 6.07) is 3.44. The molecule has 4 atom stereocenters. The van der Waals surface area contributed by atoms with Crippen LogP contribution in [-0.4, -0.2) is 70.5 Å². The van der Waals surface area contributed by atoms with E-state index in [0.717, 1.165) is 16.5 Å². The number of para-hydroxylation sites is 1. The molecule has 232 valence electrons. The van der Waals surface area contributed by atoms with Gasteiger partial charge in [0.2, 0.25) is 17.7 Å². The zero-order valence-electron chi connectivity index (χ0n) is 24.9. The Morgan fingerprint density at radius 3 is 1.98 bits per heavy atom. The lowest BCUT2D eigenvalue weighted by Gasteiger charge is -2.27. The van der Waals surface area contributed by atoms with Crippen LogP contribution in [0, 0.1) is 11.8 Å². The number of H-pyrrole nitrogens is 1. The van der Waals surface area contributed by atoms with Crippen LogP contribution in [0.25, 0.3) is 10.9 Å². The van der Waals surface area contributed by atoms with E-state index in [1.54, 1.807) is 6.20 Å². The number of benzene rings is 1. The van der Waals surface area contributed by atoms with Crippen molar-refractivity contribution >= 4 is 40.6 Å². The summed E-state index contributed by atoms with van der Waals surface area (Å²) >= 11 is 0. The number of fused-ring (bicyclic) bond motifs is 1. The van der Waals surface area contributed by atoms with Crippen LogP contribution in [0.4, 0.5) is 0 Å². The van der Waals surface area contributed by atoms with Gasteiger partial charge in [-0.15, -0.1) is 0 Å². The maximum absolute atomic E-state index is 13.4. The van der Waals surface area contributed by atoms with E-state index >= 15 is 0 Å². The molecule has 0 bridgehead atoms. The van der Waals surface area contributed by atoms with E-state index in [0.29, 0.717) is 25.8 Å². The first-order valence-electron chi connectivity index (χ1n) is 14.3. The van der Waals surface area contributed by atoms with Crippen molar-refractivity contribution in [3.8, 4) is 0 Å². The SMILES string of the molecule is CC(C)CC(NC(=O)C(N)CCCN=C(N)N)C(=O)NC(CC(C)C)C(=O)NC(Cc1c[nH]c2ccccc12)C(=O)O. The number of carboxylic acids is 1. The molecule has 0 saturated carbocycles. The first-order chi connectivity index (χ1) is 19.8. The number of hydrogen-bond donors (Lipinski definition) is 8. The topological polar surface area (TPSA) is 231 Å². The quantitative estimate of drug-likeness (QED) is 0.0746.